The lowest BCUT2D eigenvalue weighted by atomic mass is 9.86. The first kappa shape index (κ1) is 23.8. The van der Waals surface area contributed by atoms with Crippen LogP contribution in [0.4, 0.5) is 0 Å². The zero-order valence-electron chi connectivity index (χ0n) is 20.9. The van der Waals surface area contributed by atoms with Gasteiger partial charge in [0.15, 0.2) is 11.5 Å². The Morgan fingerprint density at radius 1 is 0.889 bits per heavy atom. The van der Waals surface area contributed by atoms with Crippen molar-refractivity contribution in [3.63, 3.8) is 0 Å². The van der Waals surface area contributed by atoms with Crippen LogP contribution in [0.2, 0.25) is 0 Å². The number of carbonyl (C=O) groups excluding carboxylic acids is 1. The summed E-state index contributed by atoms with van der Waals surface area (Å²) in [5, 5.41) is 0. The average Bonchev–Trinajstić information content (AvgIpc) is 3.07. The van der Waals surface area contributed by atoms with Crippen molar-refractivity contribution >= 4 is 29.8 Å². The van der Waals surface area contributed by atoms with E-state index in [1.54, 1.807) is 18.7 Å². The third kappa shape index (κ3) is 5.19. The largest absolute Gasteiger partial charge is 0.493 e. The molecule has 3 aromatic carbocycles. The minimum absolute atomic E-state index is 0.358. The van der Waals surface area contributed by atoms with Crippen LogP contribution in [-0.4, -0.2) is 37.6 Å². The molecule has 4 nitrogen and oxygen atoms in total. The Hall–Kier alpha value is -3.89. The molecule has 0 unspecified atom stereocenters. The van der Waals surface area contributed by atoms with Crippen molar-refractivity contribution in [1.29, 1.82) is 0 Å². The second kappa shape index (κ2) is 10.8. The van der Waals surface area contributed by atoms with E-state index in [0.29, 0.717) is 11.5 Å². The number of benzene rings is 3. The van der Waals surface area contributed by atoms with Crippen LogP contribution in [-0.2, 0) is 4.79 Å². The number of methoxy groups -OCH3 is 1. The summed E-state index contributed by atoms with van der Waals surface area (Å²) >= 11 is 0. The van der Waals surface area contributed by atoms with Crippen molar-refractivity contribution in [3.05, 3.63) is 106 Å². The van der Waals surface area contributed by atoms with E-state index in [1.165, 1.54) is 34.8 Å². The van der Waals surface area contributed by atoms with Gasteiger partial charge in [-0.15, -0.1) is 0 Å². The van der Waals surface area contributed by atoms with Crippen LogP contribution < -0.4 is 9.47 Å². The first-order chi connectivity index (χ1) is 17.6. The molecule has 0 radical (unpaired) electrons. The molecule has 1 aliphatic heterocycles. The molecule has 0 amide bonds. The molecule has 182 valence electrons. The lowest BCUT2D eigenvalue weighted by molar-refractivity contribution is -0.132. The lowest BCUT2D eigenvalue weighted by Gasteiger charge is -2.29. The smallest absolute Gasteiger partial charge is 0.308 e. The van der Waals surface area contributed by atoms with Crippen LogP contribution in [0.5, 0.6) is 11.5 Å². The Labute approximate surface area is 213 Å². The number of hydrogen-bond donors (Lipinski definition) is 0. The highest BCUT2D eigenvalue weighted by atomic mass is 16.6. The summed E-state index contributed by atoms with van der Waals surface area (Å²) in [7, 11) is 1.58. The molecule has 0 aromatic heterocycles. The maximum atomic E-state index is 11.3. The molecule has 36 heavy (non-hydrogen) atoms. The van der Waals surface area contributed by atoms with Gasteiger partial charge in [0.25, 0.3) is 0 Å². The molecule has 0 saturated carbocycles. The quantitative estimate of drug-likeness (QED) is 0.236. The predicted molar refractivity (Wildman–Crippen MR) is 147 cm³/mol. The van der Waals surface area contributed by atoms with Crippen molar-refractivity contribution in [2.45, 2.75) is 19.8 Å². The Kier molecular flexibility index (Phi) is 7.15. The van der Waals surface area contributed by atoms with Gasteiger partial charge in [0.1, 0.15) is 0 Å². The molecule has 0 spiro atoms. The van der Waals surface area contributed by atoms with Gasteiger partial charge in [-0.05, 0) is 58.4 Å². The van der Waals surface area contributed by atoms with Gasteiger partial charge in [0.2, 0.25) is 0 Å². The molecule has 5 rings (SSSR count). The van der Waals surface area contributed by atoms with Crippen molar-refractivity contribution in [3.8, 4) is 11.5 Å². The summed E-state index contributed by atoms with van der Waals surface area (Å²) in [6.07, 6.45) is 10.9. The summed E-state index contributed by atoms with van der Waals surface area (Å²) in [4.78, 5) is 13.8. The molecule has 1 fully saturated rings. The van der Waals surface area contributed by atoms with Crippen molar-refractivity contribution in [1.82, 2.24) is 4.90 Å². The van der Waals surface area contributed by atoms with E-state index in [1.807, 2.05) is 12.1 Å². The fraction of sp³-hybridized carbons (Fsp3) is 0.219. The van der Waals surface area contributed by atoms with E-state index in [0.717, 1.165) is 38.0 Å². The zero-order valence-corrected chi connectivity index (χ0v) is 20.9. The number of nitrogens with zero attached hydrogens (tertiary/aromatic N) is 1. The maximum absolute atomic E-state index is 11.3. The van der Waals surface area contributed by atoms with Gasteiger partial charge in [-0.1, -0.05) is 84.5 Å². The number of rotatable bonds is 5. The number of fused-ring (bicyclic) bond motifs is 2. The molecule has 2 aliphatic rings. The standard InChI is InChI=1S/C32H31NO3/c1-23(34)36-30-16-13-24(22-31(30)35-2)8-7-19-33-20-17-27(18-21-33)32-28-11-5-3-9-25(28)14-15-26-10-4-6-12-29(26)32/h3-16,22H,17-21H2,1-2H3/b8-7+. The highest BCUT2D eigenvalue weighted by Gasteiger charge is 2.22. The number of ether oxygens (including phenoxy) is 2. The Balaban J connectivity index is 1.30. The first-order valence-electron chi connectivity index (χ1n) is 12.5. The molecule has 0 N–H and O–H groups in total. The number of piperidine rings is 1. The van der Waals surface area contributed by atoms with E-state index in [4.69, 9.17) is 9.47 Å². The van der Waals surface area contributed by atoms with Gasteiger partial charge in [0.05, 0.1) is 7.11 Å². The fourth-order valence-corrected chi connectivity index (χ4v) is 5.07. The summed E-state index contributed by atoms with van der Waals surface area (Å²) in [6.45, 7) is 4.36. The SMILES string of the molecule is COc1cc(/C=C/CN2CCC(=C3c4ccccc4C=Cc4ccccc43)CC2)ccc1OC(C)=O. The van der Waals surface area contributed by atoms with E-state index in [9.17, 15) is 4.79 Å². The summed E-state index contributed by atoms with van der Waals surface area (Å²) in [5.74, 6) is 0.638. The summed E-state index contributed by atoms with van der Waals surface area (Å²) < 4.78 is 10.6. The minimum atomic E-state index is -0.358. The van der Waals surface area contributed by atoms with Crippen LogP contribution >= 0.6 is 0 Å². The highest BCUT2D eigenvalue weighted by molar-refractivity contribution is 5.94. The Morgan fingerprint density at radius 3 is 2.14 bits per heavy atom. The molecule has 0 bridgehead atoms. The van der Waals surface area contributed by atoms with Gasteiger partial charge < -0.3 is 9.47 Å². The van der Waals surface area contributed by atoms with Gasteiger partial charge in [-0.25, -0.2) is 0 Å². The van der Waals surface area contributed by atoms with Crippen LogP contribution in [0.15, 0.2) is 78.4 Å². The number of hydrogen-bond acceptors (Lipinski definition) is 4. The summed E-state index contributed by atoms with van der Waals surface area (Å²) in [5.41, 5.74) is 9.24. The second-order valence-corrected chi connectivity index (χ2v) is 9.19. The van der Waals surface area contributed by atoms with Crippen molar-refractivity contribution in [2.75, 3.05) is 26.7 Å². The van der Waals surface area contributed by atoms with E-state index >= 15 is 0 Å². The van der Waals surface area contributed by atoms with Crippen molar-refractivity contribution < 1.29 is 14.3 Å². The maximum Gasteiger partial charge on any atom is 0.308 e. The van der Waals surface area contributed by atoms with Gasteiger partial charge in [0, 0.05) is 26.6 Å². The number of likely N-dealkylation sites (tertiary alicyclic amines) is 1. The van der Waals surface area contributed by atoms with Crippen LogP contribution in [0.3, 0.4) is 0 Å². The van der Waals surface area contributed by atoms with Crippen LogP contribution in [0.1, 0.15) is 47.6 Å². The Morgan fingerprint density at radius 2 is 1.53 bits per heavy atom. The highest BCUT2D eigenvalue weighted by Crippen LogP contribution is 2.38. The molecule has 4 heteroatoms. The average molecular weight is 478 g/mol. The van der Waals surface area contributed by atoms with Gasteiger partial charge in [-0.2, -0.15) is 0 Å². The first-order valence-corrected chi connectivity index (χ1v) is 12.5. The van der Waals surface area contributed by atoms with E-state index in [2.05, 4.69) is 77.7 Å². The molecule has 1 saturated heterocycles. The van der Waals surface area contributed by atoms with Crippen molar-refractivity contribution in [2.24, 2.45) is 0 Å². The second-order valence-electron chi connectivity index (χ2n) is 9.19. The fourth-order valence-electron chi connectivity index (χ4n) is 5.07. The van der Waals surface area contributed by atoms with Crippen LogP contribution in [0, 0.1) is 0 Å². The predicted octanol–water partition coefficient (Wildman–Crippen LogP) is 6.72. The van der Waals surface area contributed by atoms with E-state index in [-0.39, 0.29) is 5.97 Å². The normalized spacial score (nSPS) is 15.4. The third-order valence-corrected chi connectivity index (χ3v) is 6.83. The molecular formula is C32H31NO3. The molecule has 1 heterocycles. The van der Waals surface area contributed by atoms with Gasteiger partial charge >= 0.3 is 5.97 Å². The van der Waals surface area contributed by atoms with Crippen LogP contribution in [0.25, 0.3) is 23.8 Å². The summed E-state index contributed by atoms with van der Waals surface area (Å²) in [6, 6.07) is 23.1. The topological polar surface area (TPSA) is 38.8 Å². The van der Waals surface area contributed by atoms with Gasteiger partial charge in [-0.3, -0.25) is 9.69 Å². The Bertz CT molecular complexity index is 1300. The van der Waals surface area contributed by atoms with E-state index < -0.39 is 0 Å². The molecule has 0 atom stereocenters. The third-order valence-electron chi connectivity index (χ3n) is 6.83. The monoisotopic (exact) mass is 477 g/mol. The lowest BCUT2D eigenvalue weighted by Crippen LogP contribution is -2.31. The number of carbonyl (C=O) groups is 1. The zero-order chi connectivity index (χ0) is 24.9. The molecular weight excluding hydrogens is 446 g/mol. The molecule has 3 aromatic rings. The minimum Gasteiger partial charge on any atom is -0.493 e. The number of esters is 1. The molecule has 1 aliphatic carbocycles.